The first-order valence-corrected chi connectivity index (χ1v) is 6.06. The van der Waals surface area contributed by atoms with Gasteiger partial charge in [0.1, 0.15) is 12.9 Å². The number of carbonyl (C=O) groups is 2. The Bertz CT molecular complexity index is 661. The largest absolute Gasteiger partial charge is 0.457 e. The highest BCUT2D eigenvalue weighted by atomic mass is 16.6. The zero-order valence-corrected chi connectivity index (χ0v) is 10.9. The molecule has 0 aromatic heterocycles. The molecule has 0 heterocycles. The van der Waals surface area contributed by atoms with E-state index in [-0.39, 0.29) is 12.3 Å². The average Bonchev–Trinajstić information content (AvgIpc) is 2.53. The third kappa shape index (κ3) is 3.73. The lowest BCUT2D eigenvalue weighted by Crippen LogP contribution is -2.05. The van der Waals surface area contributed by atoms with Gasteiger partial charge in [-0.1, -0.05) is 12.1 Å². The van der Waals surface area contributed by atoms with Crippen LogP contribution < -0.4 is 0 Å². The van der Waals surface area contributed by atoms with E-state index in [1.807, 2.05) is 0 Å². The number of benzene rings is 2. The fraction of sp³-hybridized carbons (Fsp3) is 0.0667. The fourth-order valence-corrected chi connectivity index (χ4v) is 1.64. The molecule has 0 radical (unpaired) electrons. The number of hydrogen-bond acceptors (Lipinski definition) is 5. The quantitative estimate of drug-likeness (QED) is 0.365. The molecular formula is C15H11NO5. The van der Waals surface area contributed by atoms with Crippen molar-refractivity contribution < 1.29 is 19.2 Å². The second-order valence-electron chi connectivity index (χ2n) is 4.24. The molecule has 0 spiro atoms. The third-order valence-corrected chi connectivity index (χ3v) is 2.80. The summed E-state index contributed by atoms with van der Waals surface area (Å²) in [5, 5.41) is 10.5. The zero-order chi connectivity index (χ0) is 15.2. The van der Waals surface area contributed by atoms with Crippen LogP contribution in [0.4, 0.5) is 5.69 Å². The molecule has 0 amide bonds. The molecule has 106 valence electrons. The summed E-state index contributed by atoms with van der Waals surface area (Å²) in [6.07, 6.45) is 0.686. The van der Waals surface area contributed by atoms with Gasteiger partial charge in [-0.25, -0.2) is 4.79 Å². The van der Waals surface area contributed by atoms with E-state index in [9.17, 15) is 19.7 Å². The molecule has 2 aromatic carbocycles. The van der Waals surface area contributed by atoms with E-state index in [4.69, 9.17) is 4.74 Å². The Morgan fingerprint density at radius 1 is 1.10 bits per heavy atom. The molecule has 0 aliphatic rings. The summed E-state index contributed by atoms with van der Waals surface area (Å²) in [6.45, 7) is 0.0201. The molecule has 21 heavy (non-hydrogen) atoms. The van der Waals surface area contributed by atoms with E-state index in [0.717, 1.165) is 0 Å². The zero-order valence-electron chi connectivity index (χ0n) is 10.9. The molecule has 0 aliphatic carbocycles. The SMILES string of the molecule is O=Cc1ccc(C(=O)OCc2ccc([N+](=O)[O-])cc2)cc1. The number of esters is 1. The van der Waals surface area contributed by atoms with Crippen molar-refractivity contribution in [1.82, 2.24) is 0 Å². The number of rotatable bonds is 5. The predicted octanol–water partition coefficient (Wildman–Crippen LogP) is 2.76. The van der Waals surface area contributed by atoms with E-state index in [0.29, 0.717) is 23.0 Å². The van der Waals surface area contributed by atoms with Gasteiger partial charge >= 0.3 is 5.97 Å². The lowest BCUT2D eigenvalue weighted by molar-refractivity contribution is -0.384. The highest BCUT2D eigenvalue weighted by Gasteiger charge is 2.08. The number of nitro groups is 1. The molecule has 2 rings (SSSR count). The predicted molar refractivity (Wildman–Crippen MR) is 74.0 cm³/mol. The summed E-state index contributed by atoms with van der Waals surface area (Å²) in [5.74, 6) is -0.522. The molecular weight excluding hydrogens is 274 g/mol. The van der Waals surface area contributed by atoms with Crippen molar-refractivity contribution in [1.29, 1.82) is 0 Å². The summed E-state index contributed by atoms with van der Waals surface area (Å²) < 4.78 is 5.09. The Hall–Kier alpha value is -3.02. The van der Waals surface area contributed by atoms with E-state index < -0.39 is 10.9 Å². The molecule has 0 aliphatic heterocycles. The van der Waals surface area contributed by atoms with Crippen molar-refractivity contribution in [2.24, 2.45) is 0 Å². The van der Waals surface area contributed by atoms with Gasteiger partial charge in [0, 0.05) is 17.7 Å². The summed E-state index contributed by atoms with van der Waals surface area (Å²) >= 11 is 0. The van der Waals surface area contributed by atoms with Gasteiger partial charge in [0.25, 0.3) is 5.69 Å². The lowest BCUT2D eigenvalue weighted by atomic mass is 10.1. The molecule has 0 fully saturated rings. The van der Waals surface area contributed by atoms with E-state index >= 15 is 0 Å². The van der Waals surface area contributed by atoms with E-state index in [1.54, 1.807) is 0 Å². The number of non-ortho nitro benzene ring substituents is 1. The Balaban J connectivity index is 1.96. The Kier molecular flexibility index (Phi) is 4.40. The van der Waals surface area contributed by atoms with Crippen LogP contribution in [-0.2, 0) is 11.3 Å². The van der Waals surface area contributed by atoms with Crippen LogP contribution >= 0.6 is 0 Å². The summed E-state index contributed by atoms with van der Waals surface area (Å²) in [5.41, 5.74) is 1.44. The van der Waals surface area contributed by atoms with Crippen LogP contribution in [0.2, 0.25) is 0 Å². The maximum Gasteiger partial charge on any atom is 0.338 e. The van der Waals surface area contributed by atoms with E-state index in [2.05, 4.69) is 0 Å². The second kappa shape index (κ2) is 6.42. The molecule has 0 unspecified atom stereocenters. The molecule has 6 nitrogen and oxygen atoms in total. The standard InChI is InChI=1S/C15H11NO5/c17-9-11-1-5-13(6-2-11)15(18)21-10-12-3-7-14(8-4-12)16(19)20/h1-9H,10H2. The molecule has 0 atom stereocenters. The first-order valence-electron chi connectivity index (χ1n) is 6.06. The van der Waals surface area contributed by atoms with Crippen LogP contribution in [0.3, 0.4) is 0 Å². The normalized spacial score (nSPS) is 9.90. The molecule has 0 saturated carbocycles. The van der Waals surface area contributed by atoms with Crippen molar-refractivity contribution in [3.05, 3.63) is 75.3 Å². The Morgan fingerprint density at radius 2 is 1.71 bits per heavy atom. The van der Waals surface area contributed by atoms with Crippen LogP contribution in [0.5, 0.6) is 0 Å². The summed E-state index contributed by atoms with van der Waals surface area (Å²) in [7, 11) is 0. The van der Waals surface area contributed by atoms with Gasteiger partial charge in [0.15, 0.2) is 0 Å². The van der Waals surface area contributed by atoms with Gasteiger partial charge in [-0.2, -0.15) is 0 Å². The van der Waals surface area contributed by atoms with Crippen molar-refractivity contribution in [2.45, 2.75) is 6.61 Å². The van der Waals surface area contributed by atoms with Gasteiger partial charge in [-0.3, -0.25) is 14.9 Å². The first kappa shape index (κ1) is 14.4. The fourth-order valence-electron chi connectivity index (χ4n) is 1.64. The molecule has 6 heteroatoms. The number of hydrogen-bond donors (Lipinski definition) is 0. The van der Waals surface area contributed by atoms with Gasteiger partial charge in [-0.15, -0.1) is 0 Å². The molecule has 0 bridgehead atoms. The average molecular weight is 285 g/mol. The van der Waals surface area contributed by atoms with Crippen LogP contribution in [0, 0.1) is 10.1 Å². The lowest BCUT2D eigenvalue weighted by Gasteiger charge is -2.05. The van der Waals surface area contributed by atoms with E-state index in [1.165, 1.54) is 48.5 Å². The molecule has 0 N–H and O–H groups in total. The number of nitro benzene ring substituents is 1. The van der Waals surface area contributed by atoms with Crippen LogP contribution in [0.25, 0.3) is 0 Å². The summed E-state index contributed by atoms with van der Waals surface area (Å²) in [6, 6.07) is 11.8. The molecule has 0 saturated heterocycles. The summed E-state index contributed by atoms with van der Waals surface area (Å²) in [4.78, 5) is 32.3. The third-order valence-electron chi connectivity index (χ3n) is 2.80. The van der Waals surface area contributed by atoms with Crippen molar-refractivity contribution >= 4 is 17.9 Å². The smallest absolute Gasteiger partial charge is 0.338 e. The molecule has 2 aromatic rings. The van der Waals surface area contributed by atoms with Crippen LogP contribution in [-0.4, -0.2) is 17.2 Å². The number of carbonyl (C=O) groups excluding carboxylic acids is 2. The van der Waals surface area contributed by atoms with Gasteiger partial charge < -0.3 is 4.74 Å². The highest BCUT2D eigenvalue weighted by molar-refractivity contribution is 5.90. The maximum absolute atomic E-state index is 11.8. The Labute approximate surface area is 120 Å². The second-order valence-corrected chi connectivity index (χ2v) is 4.24. The van der Waals surface area contributed by atoms with Gasteiger partial charge in [0.05, 0.1) is 10.5 Å². The highest BCUT2D eigenvalue weighted by Crippen LogP contribution is 2.13. The van der Waals surface area contributed by atoms with Crippen molar-refractivity contribution in [3.63, 3.8) is 0 Å². The minimum atomic E-state index is -0.522. The van der Waals surface area contributed by atoms with Crippen LogP contribution in [0.1, 0.15) is 26.3 Å². The maximum atomic E-state index is 11.8. The first-order chi connectivity index (χ1) is 10.1. The number of aldehydes is 1. The van der Waals surface area contributed by atoms with Gasteiger partial charge in [-0.05, 0) is 29.8 Å². The van der Waals surface area contributed by atoms with Crippen molar-refractivity contribution in [2.75, 3.05) is 0 Å². The minimum Gasteiger partial charge on any atom is -0.457 e. The number of ether oxygens (including phenoxy) is 1. The van der Waals surface area contributed by atoms with Crippen molar-refractivity contribution in [3.8, 4) is 0 Å². The topological polar surface area (TPSA) is 86.5 Å². The van der Waals surface area contributed by atoms with Gasteiger partial charge in [0.2, 0.25) is 0 Å². The number of nitrogens with zero attached hydrogens (tertiary/aromatic N) is 1. The monoisotopic (exact) mass is 285 g/mol. The van der Waals surface area contributed by atoms with Crippen LogP contribution in [0.15, 0.2) is 48.5 Å². The Morgan fingerprint density at radius 3 is 2.24 bits per heavy atom. The minimum absolute atomic E-state index is 0.0190.